The van der Waals surface area contributed by atoms with E-state index < -0.39 is 11.8 Å². The zero-order valence-corrected chi connectivity index (χ0v) is 20.2. The summed E-state index contributed by atoms with van der Waals surface area (Å²) in [5.74, 6) is 0.133. The molecule has 1 aliphatic rings. The molecule has 3 aromatic rings. The Morgan fingerprint density at radius 1 is 1.06 bits per heavy atom. The molecule has 0 radical (unpaired) electrons. The van der Waals surface area contributed by atoms with Crippen molar-refractivity contribution in [2.75, 3.05) is 38.2 Å². The fraction of sp³-hybridized carbons (Fsp3) is 0.360. The number of nitrogens with zero attached hydrogens (tertiary/aromatic N) is 2. The van der Waals surface area contributed by atoms with E-state index in [0.717, 1.165) is 31.9 Å². The predicted octanol–water partition coefficient (Wildman–Crippen LogP) is 3.03. The van der Waals surface area contributed by atoms with E-state index in [0.29, 0.717) is 5.76 Å². The normalized spacial score (nSPS) is 16.0. The number of anilines is 1. The highest BCUT2D eigenvalue weighted by Gasteiger charge is 2.32. The number of nitrogens with one attached hydrogen (secondary N) is 2. The summed E-state index contributed by atoms with van der Waals surface area (Å²) in [5.41, 5.74) is 1.17. The van der Waals surface area contributed by atoms with Gasteiger partial charge in [-0.2, -0.15) is 0 Å². The van der Waals surface area contributed by atoms with Crippen molar-refractivity contribution in [1.29, 1.82) is 0 Å². The molecule has 2 N–H and O–H groups in total. The summed E-state index contributed by atoms with van der Waals surface area (Å²) in [4.78, 5) is 30.8. The van der Waals surface area contributed by atoms with E-state index in [4.69, 9.17) is 9.15 Å². The highest BCUT2D eigenvalue weighted by molar-refractivity contribution is 7.10. The predicted molar refractivity (Wildman–Crippen MR) is 132 cm³/mol. The quantitative estimate of drug-likeness (QED) is 0.480. The molecule has 4 rings (SSSR count). The summed E-state index contributed by atoms with van der Waals surface area (Å²) >= 11 is 1.66. The fourth-order valence-electron chi connectivity index (χ4n) is 4.27. The first-order valence-corrected chi connectivity index (χ1v) is 12.2. The van der Waals surface area contributed by atoms with Crippen LogP contribution in [0, 0.1) is 0 Å². The summed E-state index contributed by atoms with van der Waals surface area (Å²) in [6, 6.07) is 15.5. The van der Waals surface area contributed by atoms with Gasteiger partial charge in [-0.05, 0) is 54.8 Å². The molecule has 2 aromatic heterocycles. The van der Waals surface area contributed by atoms with Crippen LogP contribution in [0.2, 0.25) is 0 Å². The number of carbonyl (C=O) groups is 2. The highest BCUT2D eigenvalue weighted by Crippen LogP contribution is 2.30. The minimum Gasteiger partial charge on any atom is -0.497 e. The Hall–Kier alpha value is -3.30. The number of furan rings is 1. The van der Waals surface area contributed by atoms with Crippen LogP contribution in [0.3, 0.4) is 0 Å². The Morgan fingerprint density at radius 2 is 1.82 bits per heavy atom. The third-order valence-corrected chi connectivity index (χ3v) is 6.96. The number of thiophene rings is 1. The maximum absolute atomic E-state index is 12.6. The number of hydrogen-bond donors (Lipinski definition) is 2. The molecule has 3 heterocycles. The number of rotatable bonds is 8. The molecule has 0 unspecified atom stereocenters. The second kappa shape index (κ2) is 11.2. The lowest BCUT2D eigenvalue weighted by atomic mass is 10.0. The Labute approximate surface area is 203 Å². The van der Waals surface area contributed by atoms with Crippen LogP contribution >= 0.6 is 11.3 Å². The number of ether oxygens (including phenoxy) is 1. The largest absolute Gasteiger partial charge is 0.497 e. The Balaban J connectivity index is 1.37. The monoisotopic (exact) mass is 482 g/mol. The van der Waals surface area contributed by atoms with Crippen LogP contribution in [0.1, 0.15) is 23.6 Å². The lowest BCUT2D eigenvalue weighted by molar-refractivity contribution is -0.140. The van der Waals surface area contributed by atoms with Gasteiger partial charge in [-0.1, -0.05) is 6.07 Å². The zero-order valence-electron chi connectivity index (χ0n) is 19.4. The molecule has 1 saturated heterocycles. The van der Waals surface area contributed by atoms with Crippen molar-refractivity contribution < 1.29 is 18.7 Å². The third kappa shape index (κ3) is 5.78. The van der Waals surface area contributed by atoms with Crippen LogP contribution in [-0.4, -0.2) is 56.0 Å². The zero-order chi connectivity index (χ0) is 23.9. The van der Waals surface area contributed by atoms with E-state index in [2.05, 4.69) is 38.6 Å². The van der Waals surface area contributed by atoms with Crippen molar-refractivity contribution in [3.63, 3.8) is 0 Å². The molecule has 0 saturated carbocycles. The van der Waals surface area contributed by atoms with E-state index in [1.807, 2.05) is 30.5 Å². The number of amides is 2. The third-order valence-electron chi connectivity index (χ3n) is 6.02. The molecule has 1 aliphatic heterocycles. The summed E-state index contributed by atoms with van der Waals surface area (Å²) in [6.45, 7) is 5.57. The summed E-state index contributed by atoms with van der Waals surface area (Å²) in [7, 11) is 1.67. The van der Waals surface area contributed by atoms with Crippen molar-refractivity contribution >= 4 is 28.8 Å². The van der Waals surface area contributed by atoms with E-state index >= 15 is 0 Å². The Kier molecular flexibility index (Phi) is 7.87. The molecule has 2 atom stereocenters. The maximum atomic E-state index is 12.6. The van der Waals surface area contributed by atoms with Crippen molar-refractivity contribution in [1.82, 2.24) is 15.5 Å². The van der Waals surface area contributed by atoms with Crippen molar-refractivity contribution in [2.45, 2.75) is 25.6 Å². The molecule has 180 valence electrons. The van der Waals surface area contributed by atoms with Gasteiger partial charge in [0, 0.05) is 42.8 Å². The molecule has 1 aromatic carbocycles. The van der Waals surface area contributed by atoms with Gasteiger partial charge in [0.15, 0.2) is 0 Å². The fourth-order valence-corrected chi connectivity index (χ4v) is 5.23. The lowest BCUT2D eigenvalue weighted by Gasteiger charge is -2.42. The van der Waals surface area contributed by atoms with E-state index in [9.17, 15) is 9.59 Å². The van der Waals surface area contributed by atoms with Crippen LogP contribution in [0.4, 0.5) is 5.69 Å². The number of methoxy groups -OCH3 is 1. The lowest BCUT2D eigenvalue weighted by Crippen LogP contribution is -2.53. The van der Waals surface area contributed by atoms with Crippen molar-refractivity contribution in [3.8, 4) is 5.75 Å². The molecule has 34 heavy (non-hydrogen) atoms. The number of benzene rings is 1. The van der Waals surface area contributed by atoms with Gasteiger partial charge in [-0.15, -0.1) is 11.3 Å². The van der Waals surface area contributed by atoms with Gasteiger partial charge in [0.1, 0.15) is 11.5 Å². The van der Waals surface area contributed by atoms with Gasteiger partial charge in [0.25, 0.3) is 0 Å². The van der Waals surface area contributed by atoms with Gasteiger partial charge in [-0.25, -0.2) is 0 Å². The van der Waals surface area contributed by atoms with Crippen LogP contribution < -0.4 is 20.3 Å². The second-order valence-electron chi connectivity index (χ2n) is 8.21. The summed E-state index contributed by atoms with van der Waals surface area (Å²) < 4.78 is 10.5. The number of carbonyl (C=O) groups excluding carboxylic acids is 2. The minimum absolute atomic E-state index is 0.0140. The maximum Gasteiger partial charge on any atom is 0.309 e. The average Bonchev–Trinajstić information content (AvgIpc) is 3.58. The highest BCUT2D eigenvalue weighted by atomic mass is 32.1. The second-order valence-corrected chi connectivity index (χ2v) is 9.18. The van der Waals surface area contributed by atoms with Crippen LogP contribution in [0.5, 0.6) is 5.75 Å². The van der Waals surface area contributed by atoms with Gasteiger partial charge in [0.2, 0.25) is 0 Å². The molecular formula is C25H30N4O4S. The molecule has 2 amide bonds. The molecule has 0 aliphatic carbocycles. The standard InChI is InChI=1S/C25H30N4O4S/c1-18(27-25(31)24(30)26-17-21-5-3-15-33-21)23(22-6-4-16-34-22)29-13-11-28(12-14-29)19-7-9-20(32-2)10-8-19/h3-10,15-16,18,23H,11-14,17H2,1-2H3,(H,26,30)(H,27,31)/t18-,23-/m1/s1. The van der Waals surface area contributed by atoms with Gasteiger partial charge >= 0.3 is 11.8 Å². The van der Waals surface area contributed by atoms with Crippen LogP contribution in [-0.2, 0) is 16.1 Å². The topological polar surface area (TPSA) is 87.0 Å². The van der Waals surface area contributed by atoms with Crippen LogP contribution in [0.15, 0.2) is 64.6 Å². The summed E-state index contributed by atoms with van der Waals surface area (Å²) in [6.07, 6.45) is 1.53. The molecule has 0 bridgehead atoms. The summed E-state index contributed by atoms with van der Waals surface area (Å²) in [5, 5.41) is 7.55. The first-order chi connectivity index (χ1) is 16.5. The molecular weight excluding hydrogens is 452 g/mol. The van der Waals surface area contributed by atoms with Crippen molar-refractivity contribution in [3.05, 3.63) is 70.8 Å². The van der Waals surface area contributed by atoms with Crippen molar-refractivity contribution in [2.24, 2.45) is 0 Å². The first-order valence-electron chi connectivity index (χ1n) is 11.3. The van der Waals surface area contributed by atoms with E-state index in [1.165, 1.54) is 16.8 Å². The van der Waals surface area contributed by atoms with E-state index in [-0.39, 0.29) is 18.6 Å². The Morgan fingerprint density at radius 3 is 2.44 bits per heavy atom. The Bertz CT molecular complexity index is 1050. The molecule has 9 heteroatoms. The van der Waals surface area contributed by atoms with Gasteiger partial charge < -0.3 is 24.7 Å². The first kappa shape index (κ1) is 23.8. The molecule has 1 fully saturated rings. The number of hydrogen-bond acceptors (Lipinski definition) is 7. The van der Waals surface area contributed by atoms with E-state index in [1.54, 1.807) is 30.6 Å². The van der Waals surface area contributed by atoms with Crippen LogP contribution in [0.25, 0.3) is 0 Å². The SMILES string of the molecule is COc1ccc(N2CCN([C@@H](c3cccs3)[C@@H](C)NC(=O)C(=O)NCc3ccco3)CC2)cc1. The minimum atomic E-state index is -0.669. The molecule has 8 nitrogen and oxygen atoms in total. The smallest absolute Gasteiger partial charge is 0.309 e. The number of piperazine rings is 1. The van der Waals surface area contributed by atoms with Gasteiger partial charge in [0.05, 0.1) is 26.0 Å². The van der Waals surface area contributed by atoms with Gasteiger partial charge in [-0.3, -0.25) is 14.5 Å². The average molecular weight is 483 g/mol. The molecule has 0 spiro atoms.